The number of fused-ring (bicyclic) bond motifs is 3. The fourth-order valence-corrected chi connectivity index (χ4v) is 10.0. The van der Waals surface area contributed by atoms with Gasteiger partial charge in [-0.1, -0.05) is 25.7 Å². The maximum absolute atomic E-state index is 1.69. The van der Waals surface area contributed by atoms with E-state index in [0.29, 0.717) is 0 Å². The summed E-state index contributed by atoms with van der Waals surface area (Å²) in [5.74, 6) is 9.41. The Bertz CT molecular complexity index is 451. The van der Waals surface area contributed by atoms with Crippen LogP contribution in [0.3, 0.4) is 0 Å². The van der Waals surface area contributed by atoms with E-state index in [1.165, 1.54) is 35.5 Å². The smallest absolute Gasteiger partial charge is 0.0227 e. The standard InChI is InChI=1S/C22H34/c1-2-7-19-17(5-1)18-6-3-4-8-20(18)22-12-14-9-15(13-22)11-16(10-14)21(19)22/h14-21H,1-13H2. The Kier molecular flexibility index (Phi) is 2.75. The minimum Gasteiger partial charge on any atom is -0.0530 e. The zero-order valence-electron chi connectivity index (χ0n) is 14.3. The molecular formula is C22H34. The molecule has 0 heteroatoms. The van der Waals surface area contributed by atoms with Crippen LogP contribution in [0.4, 0.5) is 0 Å². The van der Waals surface area contributed by atoms with Gasteiger partial charge in [-0.15, -0.1) is 0 Å². The maximum atomic E-state index is 1.69. The quantitative estimate of drug-likeness (QED) is 0.510. The Morgan fingerprint density at radius 3 is 2.00 bits per heavy atom. The normalized spacial score (nSPS) is 62.2. The van der Waals surface area contributed by atoms with Gasteiger partial charge in [0.2, 0.25) is 0 Å². The zero-order valence-corrected chi connectivity index (χ0v) is 14.3. The molecule has 0 aromatic rings. The molecule has 7 atom stereocenters. The van der Waals surface area contributed by atoms with Gasteiger partial charge in [0.15, 0.2) is 0 Å². The fourth-order valence-electron chi connectivity index (χ4n) is 10.0. The average molecular weight is 299 g/mol. The molecule has 0 N–H and O–H groups in total. The number of hydrogen-bond acceptors (Lipinski definition) is 0. The molecule has 7 rings (SSSR count). The molecule has 0 nitrogen and oxygen atoms in total. The van der Waals surface area contributed by atoms with Crippen LogP contribution < -0.4 is 0 Å². The van der Waals surface area contributed by atoms with Crippen LogP contribution in [0.5, 0.6) is 0 Å². The van der Waals surface area contributed by atoms with Crippen molar-refractivity contribution >= 4 is 0 Å². The van der Waals surface area contributed by atoms with E-state index in [1.54, 1.807) is 83.5 Å². The van der Waals surface area contributed by atoms with Gasteiger partial charge in [0, 0.05) is 0 Å². The molecule has 0 amide bonds. The average Bonchev–Trinajstić information content (AvgIpc) is 2.54. The molecule has 7 aliphatic rings. The molecule has 0 aromatic carbocycles. The van der Waals surface area contributed by atoms with Gasteiger partial charge in [-0.3, -0.25) is 0 Å². The molecule has 1 spiro atoms. The van der Waals surface area contributed by atoms with Gasteiger partial charge in [-0.2, -0.15) is 0 Å². The molecule has 7 saturated carbocycles. The highest BCUT2D eigenvalue weighted by molar-refractivity contribution is 5.15. The molecule has 7 fully saturated rings. The van der Waals surface area contributed by atoms with Crippen LogP contribution in [0.25, 0.3) is 0 Å². The van der Waals surface area contributed by atoms with E-state index >= 15 is 0 Å². The first-order chi connectivity index (χ1) is 10.9. The molecule has 4 bridgehead atoms. The van der Waals surface area contributed by atoms with Gasteiger partial charge in [-0.05, 0) is 111 Å². The summed E-state index contributed by atoms with van der Waals surface area (Å²) in [7, 11) is 0. The van der Waals surface area contributed by atoms with Crippen LogP contribution in [0, 0.1) is 52.8 Å². The van der Waals surface area contributed by atoms with Crippen molar-refractivity contribution in [1.29, 1.82) is 0 Å². The van der Waals surface area contributed by atoms with Crippen molar-refractivity contribution in [2.75, 3.05) is 0 Å². The van der Waals surface area contributed by atoms with Crippen LogP contribution in [-0.4, -0.2) is 0 Å². The molecule has 0 aliphatic heterocycles. The van der Waals surface area contributed by atoms with E-state index in [-0.39, 0.29) is 0 Å². The Balaban J connectivity index is 1.48. The second kappa shape index (κ2) is 4.54. The SMILES string of the molecule is C1CCC2C(C1)C1CCCCC1C13CC4CC(CC(C4)C21)C3. The molecule has 0 aromatic heterocycles. The summed E-state index contributed by atoms with van der Waals surface area (Å²) in [5, 5.41) is 0. The van der Waals surface area contributed by atoms with Crippen molar-refractivity contribution in [3.05, 3.63) is 0 Å². The van der Waals surface area contributed by atoms with Crippen molar-refractivity contribution in [3.8, 4) is 0 Å². The predicted molar refractivity (Wildman–Crippen MR) is 90.4 cm³/mol. The molecule has 0 heterocycles. The third-order valence-corrected chi connectivity index (χ3v) is 9.89. The summed E-state index contributed by atoms with van der Waals surface area (Å²) in [5.41, 5.74) is 0.873. The molecule has 7 aliphatic carbocycles. The summed E-state index contributed by atoms with van der Waals surface area (Å²) in [6.07, 6.45) is 21.1. The maximum Gasteiger partial charge on any atom is -0.0227 e. The molecule has 0 radical (unpaired) electrons. The topological polar surface area (TPSA) is 0 Å². The van der Waals surface area contributed by atoms with Crippen molar-refractivity contribution in [2.45, 2.75) is 83.5 Å². The van der Waals surface area contributed by atoms with E-state index in [2.05, 4.69) is 0 Å². The summed E-state index contributed by atoms with van der Waals surface area (Å²) in [6, 6.07) is 0. The first-order valence-electron chi connectivity index (χ1n) is 10.9. The van der Waals surface area contributed by atoms with Crippen molar-refractivity contribution in [2.24, 2.45) is 52.8 Å². The number of rotatable bonds is 0. The minimum atomic E-state index is 0.873. The van der Waals surface area contributed by atoms with E-state index in [0.717, 1.165) is 17.3 Å². The van der Waals surface area contributed by atoms with Crippen LogP contribution in [0.15, 0.2) is 0 Å². The summed E-state index contributed by atoms with van der Waals surface area (Å²) in [6.45, 7) is 0. The van der Waals surface area contributed by atoms with Gasteiger partial charge in [0.05, 0.1) is 0 Å². The molecule has 22 heavy (non-hydrogen) atoms. The Morgan fingerprint density at radius 2 is 1.23 bits per heavy atom. The highest BCUT2D eigenvalue weighted by atomic mass is 14.7. The second-order valence-electron chi connectivity index (χ2n) is 10.5. The lowest BCUT2D eigenvalue weighted by Crippen LogP contribution is -2.64. The Labute approximate surface area is 136 Å². The second-order valence-corrected chi connectivity index (χ2v) is 10.5. The minimum absolute atomic E-state index is 0.873. The van der Waals surface area contributed by atoms with Crippen LogP contribution in [0.1, 0.15) is 83.5 Å². The monoisotopic (exact) mass is 298 g/mol. The third-order valence-electron chi connectivity index (χ3n) is 9.89. The highest BCUT2D eigenvalue weighted by Gasteiger charge is 2.66. The van der Waals surface area contributed by atoms with E-state index < -0.39 is 0 Å². The van der Waals surface area contributed by atoms with Gasteiger partial charge in [0.25, 0.3) is 0 Å². The zero-order chi connectivity index (χ0) is 14.3. The van der Waals surface area contributed by atoms with Crippen LogP contribution in [0.2, 0.25) is 0 Å². The predicted octanol–water partition coefficient (Wildman–Crippen LogP) is 6.06. The lowest BCUT2D eigenvalue weighted by atomic mass is 9.33. The lowest BCUT2D eigenvalue weighted by molar-refractivity contribution is -0.228. The van der Waals surface area contributed by atoms with E-state index in [1.807, 2.05) is 0 Å². The van der Waals surface area contributed by atoms with Crippen LogP contribution in [-0.2, 0) is 0 Å². The lowest BCUT2D eigenvalue weighted by Gasteiger charge is -2.72. The van der Waals surface area contributed by atoms with Gasteiger partial charge >= 0.3 is 0 Å². The molecule has 0 saturated heterocycles. The summed E-state index contributed by atoms with van der Waals surface area (Å²) >= 11 is 0. The largest absolute Gasteiger partial charge is 0.0530 e. The Morgan fingerprint density at radius 1 is 0.591 bits per heavy atom. The highest BCUT2D eigenvalue weighted by Crippen LogP contribution is 2.74. The Hall–Kier alpha value is 0. The van der Waals surface area contributed by atoms with Crippen LogP contribution >= 0.6 is 0 Å². The molecular weight excluding hydrogens is 264 g/mol. The third kappa shape index (κ3) is 1.56. The van der Waals surface area contributed by atoms with Gasteiger partial charge < -0.3 is 0 Å². The summed E-state index contributed by atoms with van der Waals surface area (Å²) in [4.78, 5) is 0. The van der Waals surface area contributed by atoms with Crippen molar-refractivity contribution in [3.63, 3.8) is 0 Å². The van der Waals surface area contributed by atoms with E-state index in [9.17, 15) is 0 Å². The molecule has 7 unspecified atom stereocenters. The van der Waals surface area contributed by atoms with E-state index in [4.69, 9.17) is 0 Å². The molecule has 122 valence electrons. The first-order valence-corrected chi connectivity index (χ1v) is 10.9. The van der Waals surface area contributed by atoms with Gasteiger partial charge in [-0.25, -0.2) is 0 Å². The van der Waals surface area contributed by atoms with Crippen molar-refractivity contribution in [1.82, 2.24) is 0 Å². The van der Waals surface area contributed by atoms with Gasteiger partial charge in [0.1, 0.15) is 0 Å². The fraction of sp³-hybridized carbons (Fsp3) is 1.00. The summed E-state index contributed by atoms with van der Waals surface area (Å²) < 4.78 is 0. The first kappa shape index (κ1) is 13.3. The van der Waals surface area contributed by atoms with Crippen molar-refractivity contribution < 1.29 is 0 Å². The number of hydrogen-bond donors (Lipinski definition) is 0.